The fraction of sp³-hybridized carbons (Fsp3) is 0.667. The first-order valence-corrected chi connectivity index (χ1v) is 2.79. The quantitative estimate of drug-likeness (QED) is 0.461. The van der Waals surface area contributed by atoms with Gasteiger partial charge >= 0.3 is 0 Å². The van der Waals surface area contributed by atoms with Crippen LogP contribution >= 0.6 is 0 Å². The van der Waals surface area contributed by atoms with Crippen molar-refractivity contribution in [2.45, 2.75) is 12.8 Å². The van der Waals surface area contributed by atoms with Gasteiger partial charge in [0, 0.05) is 6.42 Å². The van der Waals surface area contributed by atoms with E-state index < -0.39 is 6.36 Å². The van der Waals surface area contributed by atoms with Crippen LogP contribution in [0.1, 0.15) is 6.42 Å². The molecule has 0 amide bonds. The minimum absolute atomic E-state index is 0.0419. The molecule has 1 aliphatic rings. The second kappa shape index (κ2) is 2.94. The highest BCUT2D eigenvalue weighted by atomic mass is 19.1. The molecule has 2 nitrogen and oxygen atoms in total. The Morgan fingerprint density at radius 2 is 2.44 bits per heavy atom. The minimum Gasteiger partial charge on any atom is -0.351 e. The summed E-state index contributed by atoms with van der Waals surface area (Å²) in [7, 11) is 0. The molecule has 1 saturated heterocycles. The maximum absolute atomic E-state index is 12.3. The van der Waals surface area contributed by atoms with Gasteiger partial charge in [0.05, 0.1) is 6.61 Å². The topological polar surface area (TPSA) is 18.5 Å². The van der Waals surface area contributed by atoms with Crippen molar-refractivity contribution in [3.05, 3.63) is 12.2 Å². The molecule has 1 rings (SSSR count). The molecule has 0 saturated carbocycles. The second-order valence-corrected chi connectivity index (χ2v) is 2.00. The van der Waals surface area contributed by atoms with Crippen LogP contribution in [0.2, 0.25) is 0 Å². The van der Waals surface area contributed by atoms with Crippen LogP contribution < -0.4 is 0 Å². The van der Waals surface area contributed by atoms with Gasteiger partial charge in [-0.15, -0.1) is 0 Å². The highest BCUT2D eigenvalue weighted by Crippen LogP contribution is 2.12. The van der Waals surface area contributed by atoms with Gasteiger partial charge in [-0.2, -0.15) is 0 Å². The molecule has 52 valence electrons. The Balaban J connectivity index is 2.37. The Bertz CT molecular complexity index is 114. The Morgan fingerprint density at radius 1 is 1.67 bits per heavy atom. The molecule has 1 heterocycles. The van der Waals surface area contributed by atoms with E-state index in [9.17, 15) is 4.39 Å². The van der Waals surface area contributed by atoms with Gasteiger partial charge in [0.15, 0.2) is 6.79 Å². The summed E-state index contributed by atoms with van der Waals surface area (Å²) in [6.45, 7) is 4.04. The lowest BCUT2D eigenvalue weighted by Gasteiger charge is -2.01. The van der Waals surface area contributed by atoms with E-state index in [4.69, 9.17) is 4.74 Å². The van der Waals surface area contributed by atoms with E-state index >= 15 is 0 Å². The SMILES string of the molecule is C=C1COCOC(F)C1. The molecule has 0 N–H and O–H groups in total. The van der Waals surface area contributed by atoms with Gasteiger partial charge in [0.1, 0.15) is 0 Å². The molecule has 1 fully saturated rings. The van der Waals surface area contributed by atoms with E-state index in [2.05, 4.69) is 11.3 Å². The molecular formula is C6H9FO2. The molecule has 0 aliphatic carbocycles. The van der Waals surface area contributed by atoms with Gasteiger partial charge in [0.2, 0.25) is 6.36 Å². The summed E-state index contributed by atoms with van der Waals surface area (Å²) in [6.07, 6.45) is -0.958. The van der Waals surface area contributed by atoms with E-state index in [-0.39, 0.29) is 13.2 Å². The molecule has 0 aromatic carbocycles. The number of alkyl halides is 1. The van der Waals surface area contributed by atoms with Crippen molar-refractivity contribution in [2.75, 3.05) is 13.4 Å². The molecule has 0 radical (unpaired) electrons. The summed E-state index contributed by atoms with van der Waals surface area (Å²) < 4.78 is 21.7. The lowest BCUT2D eigenvalue weighted by molar-refractivity contribution is -0.113. The Hall–Kier alpha value is -0.410. The van der Waals surface area contributed by atoms with Gasteiger partial charge in [-0.05, 0) is 5.57 Å². The lowest BCUT2D eigenvalue weighted by Crippen LogP contribution is -2.03. The monoisotopic (exact) mass is 132 g/mol. The van der Waals surface area contributed by atoms with Gasteiger partial charge in [-0.1, -0.05) is 6.58 Å². The molecular weight excluding hydrogens is 123 g/mol. The average Bonchev–Trinajstić information content (AvgIpc) is 1.93. The van der Waals surface area contributed by atoms with Crippen molar-refractivity contribution in [3.63, 3.8) is 0 Å². The second-order valence-electron chi connectivity index (χ2n) is 2.00. The van der Waals surface area contributed by atoms with Crippen LogP contribution in [0.15, 0.2) is 12.2 Å². The van der Waals surface area contributed by atoms with E-state index in [1.165, 1.54) is 0 Å². The standard InChI is InChI=1S/C6H9FO2/c1-5-2-6(7)9-4-8-3-5/h6H,1-4H2. The summed E-state index contributed by atoms with van der Waals surface area (Å²) >= 11 is 0. The van der Waals surface area contributed by atoms with Crippen molar-refractivity contribution < 1.29 is 13.9 Å². The molecule has 1 aliphatic heterocycles. The third kappa shape index (κ3) is 2.11. The average molecular weight is 132 g/mol. The fourth-order valence-electron chi connectivity index (χ4n) is 0.653. The third-order valence-electron chi connectivity index (χ3n) is 1.09. The zero-order chi connectivity index (χ0) is 6.69. The highest BCUT2D eigenvalue weighted by Gasteiger charge is 2.12. The van der Waals surface area contributed by atoms with E-state index in [1.54, 1.807) is 0 Å². The molecule has 0 aromatic rings. The first-order chi connectivity index (χ1) is 4.29. The smallest absolute Gasteiger partial charge is 0.205 e. The Labute approximate surface area is 53.3 Å². The predicted molar refractivity (Wildman–Crippen MR) is 30.6 cm³/mol. The molecule has 0 spiro atoms. The zero-order valence-electron chi connectivity index (χ0n) is 5.10. The molecule has 1 atom stereocenters. The first-order valence-electron chi connectivity index (χ1n) is 2.79. The molecule has 3 heteroatoms. The number of hydrogen-bond donors (Lipinski definition) is 0. The maximum atomic E-state index is 12.3. The molecule has 1 unspecified atom stereocenters. The Kier molecular flexibility index (Phi) is 2.19. The Morgan fingerprint density at radius 3 is 3.22 bits per heavy atom. The van der Waals surface area contributed by atoms with Crippen LogP contribution in [0.3, 0.4) is 0 Å². The highest BCUT2D eigenvalue weighted by molar-refractivity contribution is 4.95. The molecule has 0 aromatic heterocycles. The summed E-state index contributed by atoms with van der Waals surface area (Å²) in [5.74, 6) is 0. The van der Waals surface area contributed by atoms with Gasteiger partial charge in [0.25, 0.3) is 0 Å². The van der Waals surface area contributed by atoms with Crippen LogP contribution in [0.5, 0.6) is 0 Å². The van der Waals surface area contributed by atoms with E-state index in [0.717, 1.165) is 5.57 Å². The van der Waals surface area contributed by atoms with Crippen LogP contribution in [-0.2, 0) is 9.47 Å². The lowest BCUT2D eigenvalue weighted by atomic mass is 10.2. The number of hydrogen-bond acceptors (Lipinski definition) is 2. The number of rotatable bonds is 0. The van der Waals surface area contributed by atoms with Crippen LogP contribution in [0.25, 0.3) is 0 Å². The number of halogens is 1. The van der Waals surface area contributed by atoms with Crippen molar-refractivity contribution in [3.8, 4) is 0 Å². The maximum Gasteiger partial charge on any atom is 0.205 e. The van der Waals surface area contributed by atoms with Gasteiger partial charge in [-0.25, -0.2) is 4.39 Å². The van der Waals surface area contributed by atoms with Crippen LogP contribution in [0.4, 0.5) is 4.39 Å². The summed E-state index contributed by atoms with van der Waals surface area (Å²) in [4.78, 5) is 0. The van der Waals surface area contributed by atoms with E-state index in [0.29, 0.717) is 6.61 Å². The summed E-state index contributed by atoms with van der Waals surface area (Å²) in [5, 5.41) is 0. The zero-order valence-corrected chi connectivity index (χ0v) is 5.10. The third-order valence-corrected chi connectivity index (χ3v) is 1.09. The van der Waals surface area contributed by atoms with Crippen molar-refractivity contribution in [1.29, 1.82) is 0 Å². The minimum atomic E-state index is -1.22. The van der Waals surface area contributed by atoms with Gasteiger partial charge < -0.3 is 9.47 Å². The number of ether oxygens (including phenoxy) is 2. The first kappa shape index (κ1) is 6.71. The van der Waals surface area contributed by atoms with Gasteiger partial charge in [-0.3, -0.25) is 0 Å². The normalized spacial score (nSPS) is 29.9. The molecule has 0 bridgehead atoms. The van der Waals surface area contributed by atoms with Crippen LogP contribution in [0, 0.1) is 0 Å². The van der Waals surface area contributed by atoms with Crippen molar-refractivity contribution in [1.82, 2.24) is 0 Å². The van der Waals surface area contributed by atoms with E-state index in [1.807, 2.05) is 0 Å². The van der Waals surface area contributed by atoms with Crippen molar-refractivity contribution >= 4 is 0 Å². The summed E-state index contributed by atoms with van der Waals surface area (Å²) in [6, 6.07) is 0. The summed E-state index contributed by atoms with van der Waals surface area (Å²) in [5.41, 5.74) is 0.750. The fourth-order valence-corrected chi connectivity index (χ4v) is 0.653. The van der Waals surface area contributed by atoms with Crippen molar-refractivity contribution in [2.24, 2.45) is 0 Å². The largest absolute Gasteiger partial charge is 0.351 e. The predicted octanol–water partition coefficient (Wildman–Crippen LogP) is 1.23. The van der Waals surface area contributed by atoms with Crippen LogP contribution in [-0.4, -0.2) is 19.8 Å². The molecule has 9 heavy (non-hydrogen) atoms.